The molecule has 31 heavy (non-hydrogen) atoms. The Balaban J connectivity index is 0.00000480. The molecule has 2 rings (SSSR count). The molecule has 0 bridgehead atoms. The lowest BCUT2D eigenvalue weighted by molar-refractivity contribution is -0.660. The Kier molecular flexibility index (Phi) is 13.5. The normalized spacial score (nSPS) is 11.4. The minimum absolute atomic E-state index is 0. The molecule has 0 amide bonds. The molecule has 0 saturated heterocycles. The molecule has 0 aliphatic carbocycles. The maximum atomic E-state index is 10.1. The van der Waals surface area contributed by atoms with E-state index in [1.807, 2.05) is 49.4 Å². The van der Waals surface area contributed by atoms with Gasteiger partial charge in [0.1, 0.15) is 37.4 Å². The number of nitrogens with two attached hydrogens (primary N) is 1. The molecule has 0 aromatic heterocycles. The summed E-state index contributed by atoms with van der Waals surface area (Å²) < 4.78 is 27.0. The number of methoxy groups -OCH3 is 2. The second kappa shape index (κ2) is 15.6. The van der Waals surface area contributed by atoms with E-state index in [0.29, 0.717) is 32.1 Å². The van der Waals surface area contributed by atoms with Crippen molar-refractivity contribution in [3.8, 4) is 23.0 Å². The van der Waals surface area contributed by atoms with Gasteiger partial charge in [-0.15, -0.1) is 0 Å². The number of aliphatic hydroxyl groups is 1. The largest absolute Gasteiger partial charge is 1.00 e. The van der Waals surface area contributed by atoms with Gasteiger partial charge in [0.2, 0.25) is 0 Å². The number of halogens is 1. The zero-order valence-electron chi connectivity index (χ0n) is 18.5. The van der Waals surface area contributed by atoms with Gasteiger partial charge in [-0.3, -0.25) is 0 Å². The second-order valence-electron chi connectivity index (χ2n) is 6.73. The van der Waals surface area contributed by atoms with Crippen LogP contribution in [-0.2, 0) is 11.2 Å². The number of benzene rings is 2. The summed E-state index contributed by atoms with van der Waals surface area (Å²) in [5.41, 5.74) is 1.17. The van der Waals surface area contributed by atoms with Crippen LogP contribution in [0.5, 0.6) is 23.0 Å². The van der Waals surface area contributed by atoms with E-state index in [-0.39, 0.29) is 19.0 Å². The van der Waals surface area contributed by atoms with E-state index in [0.717, 1.165) is 30.2 Å². The maximum absolute atomic E-state index is 10.1. The molecule has 7 nitrogen and oxygen atoms in total. The standard InChI is InChI=1S/C23H33NO6.ClH/c1-4-28-13-14-29-20-6-8-21(9-7-20)30-17-19(25)16-24-12-11-18-5-10-22(26-2)23(15-18)27-3;/h5-10,15,19,24-25H,4,11-14,16-17H2,1-3H3;1H/t19-;/m0./s1. The van der Waals surface area contributed by atoms with Crippen LogP contribution in [-0.4, -0.2) is 64.9 Å². The highest BCUT2D eigenvalue weighted by atomic mass is 35.5. The van der Waals surface area contributed by atoms with E-state index in [9.17, 15) is 5.11 Å². The summed E-state index contributed by atoms with van der Waals surface area (Å²) in [6, 6.07) is 13.3. The van der Waals surface area contributed by atoms with E-state index in [2.05, 4.69) is 5.32 Å². The van der Waals surface area contributed by atoms with Crippen molar-refractivity contribution in [1.29, 1.82) is 0 Å². The highest BCUT2D eigenvalue weighted by molar-refractivity contribution is 5.42. The quantitative estimate of drug-likeness (QED) is 0.324. The summed E-state index contributed by atoms with van der Waals surface area (Å²) in [4.78, 5) is 0. The van der Waals surface area contributed by atoms with Gasteiger partial charge in [-0.1, -0.05) is 6.07 Å². The van der Waals surface area contributed by atoms with Crippen LogP contribution in [0.25, 0.3) is 0 Å². The van der Waals surface area contributed by atoms with Gasteiger partial charge in [-0.05, 0) is 48.9 Å². The van der Waals surface area contributed by atoms with E-state index < -0.39 is 6.10 Å². The molecule has 0 spiro atoms. The van der Waals surface area contributed by atoms with Gasteiger partial charge in [0.05, 0.1) is 27.4 Å². The topological polar surface area (TPSA) is 83.0 Å². The summed E-state index contributed by atoms with van der Waals surface area (Å²) in [6.45, 7) is 5.42. The van der Waals surface area contributed by atoms with Gasteiger partial charge in [-0.2, -0.15) is 0 Å². The summed E-state index contributed by atoms with van der Waals surface area (Å²) >= 11 is 0. The number of ether oxygens (including phenoxy) is 5. The molecule has 0 heterocycles. The smallest absolute Gasteiger partial charge is 0.160 e. The zero-order chi connectivity index (χ0) is 21.6. The molecule has 0 aliphatic rings. The Hall–Kier alpha value is -2.19. The van der Waals surface area contributed by atoms with Crippen molar-refractivity contribution in [1.82, 2.24) is 0 Å². The number of quaternary nitrogens is 1. The van der Waals surface area contributed by atoms with Crippen molar-refractivity contribution in [2.75, 3.05) is 53.7 Å². The van der Waals surface area contributed by atoms with Gasteiger partial charge in [0.25, 0.3) is 0 Å². The molecular formula is C23H34ClNO6. The van der Waals surface area contributed by atoms with E-state index in [4.69, 9.17) is 23.7 Å². The lowest BCUT2D eigenvalue weighted by atomic mass is 10.1. The summed E-state index contributed by atoms with van der Waals surface area (Å²) in [5.74, 6) is 2.93. The van der Waals surface area contributed by atoms with Gasteiger partial charge >= 0.3 is 0 Å². The molecule has 2 aromatic carbocycles. The van der Waals surface area contributed by atoms with E-state index in [1.165, 1.54) is 5.56 Å². The van der Waals surface area contributed by atoms with Gasteiger partial charge in [0, 0.05) is 13.0 Å². The average Bonchev–Trinajstić information content (AvgIpc) is 2.78. The van der Waals surface area contributed by atoms with Crippen molar-refractivity contribution in [2.24, 2.45) is 0 Å². The predicted molar refractivity (Wildman–Crippen MR) is 115 cm³/mol. The first kappa shape index (κ1) is 26.8. The van der Waals surface area contributed by atoms with Crippen molar-refractivity contribution in [3.63, 3.8) is 0 Å². The second-order valence-corrected chi connectivity index (χ2v) is 6.73. The summed E-state index contributed by atoms with van der Waals surface area (Å²) in [6.07, 6.45) is 0.330. The predicted octanol–water partition coefficient (Wildman–Crippen LogP) is -1.33. The van der Waals surface area contributed by atoms with E-state index in [1.54, 1.807) is 14.2 Å². The third-order valence-electron chi connectivity index (χ3n) is 4.49. The fourth-order valence-electron chi connectivity index (χ4n) is 2.87. The molecule has 0 radical (unpaired) electrons. The molecule has 0 saturated carbocycles. The van der Waals surface area contributed by atoms with Gasteiger partial charge in [-0.25, -0.2) is 0 Å². The van der Waals surface area contributed by atoms with Crippen LogP contribution >= 0.6 is 0 Å². The Morgan fingerprint density at radius 1 is 0.903 bits per heavy atom. The van der Waals surface area contributed by atoms with Crippen LogP contribution < -0.4 is 36.7 Å². The van der Waals surface area contributed by atoms with Crippen LogP contribution in [0.1, 0.15) is 12.5 Å². The summed E-state index contributed by atoms with van der Waals surface area (Å²) in [5, 5.41) is 12.2. The van der Waals surface area contributed by atoms with Crippen LogP contribution in [0.4, 0.5) is 0 Å². The van der Waals surface area contributed by atoms with Crippen LogP contribution in [0.3, 0.4) is 0 Å². The molecule has 1 atom stereocenters. The highest BCUT2D eigenvalue weighted by Gasteiger charge is 2.09. The molecule has 8 heteroatoms. The molecule has 3 N–H and O–H groups in total. The maximum Gasteiger partial charge on any atom is 0.160 e. The first-order valence-corrected chi connectivity index (χ1v) is 10.3. The molecule has 174 valence electrons. The van der Waals surface area contributed by atoms with Crippen LogP contribution in [0.2, 0.25) is 0 Å². The molecule has 0 fully saturated rings. The molecule has 2 aromatic rings. The number of rotatable bonds is 15. The summed E-state index contributed by atoms with van der Waals surface area (Å²) in [7, 11) is 3.26. The van der Waals surface area contributed by atoms with Crippen molar-refractivity contribution >= 4 is 0 Å². The Morgan fingerprint density at radius 3 is 2.23 bits per heavy atom. The third kappa shape index (κ3) is 10.1. The lowest BCUT2D eigenvalue weighted by Gasteiger charge is -2.13. The van der Waals surface area contributed by atoms with Gasteiger partial charge in [0.15, 0.2) is 11.5 Å². The average molecular weight is 456 g/mol. The fraction of sp³-hybridized carbons (Fsp3) is 0.478. The SMILES string of the molecule is CCOCCOc1ccc(OC[C@@H](O)C[NH2+]CCc2ccc(OC)c(OC)c2)cc1.[Cl-]. The van der Waals surface area contributed by atoms with Crippen LogP contribution in [0.15, 0.2) is 42.5 Å². The minimum Gasteiger partial charge on any atom is -1.00 e. The van der Waals surface area contributed by atoms with Crippen molar-refractivity contribution in [2.45, 2.75) is 19.4 Å². The minimum atomic E-state index is -0.544. The van der Waals surface area contributed by atoms with Gasteiger partial charge < -0.3 is 46.5 Å². The number of hydrogen-bond acceptors (Lipinski definition) is 6. The molecule has 0 unspecified atom stereocenters. The van der Waals surface area contributed by atoms with Crippen LogP contribution in [0, 0.1) is 0 Å². The lowest BCUT2D eigenvalue weighted by Crippen LogP contribution is -3.00. The first-order valence-electron chi connectivity index (χ1n) is 10.3. The Bertz CT molecular complexity index is 729. The van der Waals surface area contributed by atoms with E-state index >= 15 is 0 Å². The fourth-order valence-corrected chi connectivity index (χ4v) is 2.87. The third-order valence-corrected chi connectivity index (χ3v) is 4.49. The number of aliphatic hydroxyl groups excluding tert-OH is 1. The zero-order valence-corrected chi connectivity index (χ0v) is 19.3. The molecular weight excluding hydrogens is 422 g/mol. The van der Waals surface area contributed by atoms with Crippen molar-refractivity contribution in [3.05, 3.63) is 48.0 Å². The molecule has 0 aliphatic heterocycles. The van der Waals surface area contributed by atoms with Crippen molar-refractivity contribution < 1.29 is 46.5 Å². The highest BCUT2D eigenvalue weighted by Crippen LogP contribution is 2.27. The first-order chi connectivity index (χ1) is 14.7. The Morgan fingerprint density at radius 2 is 1.58 bits per heavy atom. The Labute approximate surface area is 191 Å². The number of hydrogen-bond donors (Lipinski definition) is 2. The monoisotopic (exact) mass is 455 g/mol.